The van der Waals surface area contributed by atoms with Crippen molar-refractivity contribution in [2.75, 3.05) is 0 Å². The van der Waals surface area contributed by atoms with Crippen molar-refractivity contribution in [3.63, 3.8) is 0 Å². The average Bonchev–Trinajstić information content (AvgIpc) is 2.52. The van der Waals surface area contributed by atoms with Gasteiger partial charge in [0.05, 0.1) is 6.04 Å². The number of hydrogen-bond donors (Lipinski definition) is 4. The van der Waals surface area contributed by atoms with Crippen LogP contribution in [0, 0.1) is 0 Å². The van der Waals surface area contributed by atoms with Gasteiger partial charge in [-0.15, -0.1) is 0 Å². The van der Waals surface area contributed by atoms with Gasteiger partial charge in [-0.3, -0.25) is 4.79 Å². The van der Waals surface area contributed by atoms with E-state index in [1.165, 1.54) is 0 Å². The van der Waals surface area contributed by atoms with Gasteiger partial charge in [-0.25, -0.2) is 9.59 Å². The topological polar surface area (TPSA) is 159 Å². The molecule has 1 aromatic rings. The van der Waals surface area contributed by atoms with Crippen LogP contribution >= 0.6 is 0 Å². The molecule has 1 amide bonds. The summed E-state index contributed by atoms with van der Waals surface area (Å²) in [6, 6.07) is 7.89. The third-order valence-electron chi connectivity index (χ3n) is 3.41. The summed E-state index contributed by atoms with van der Waals surface area (Å²) in [4.78, 5) is 34.2. The van der Waals surface area contributed by atoms with Crippen LogP contribution in [0.15, 0.2) is 30.3 Å². The molecule has 0 aliphatic heterocycles. The van der Waals surface area contributed by atoms with Gasteiger partial charge in [0.2, 0.25) is 11.4 Å². The fraction of sp³-hybridized carbons (Fsp3) is 0.400. The number of carbonyl (C=O) groups excluding carboxylic acids is 2. The molecule has 0 aliphatic carbocycles. The van der Waals surface area contributed by atoms with Crippen LogP contribution in [0.1, 0.15) is 24.8 Å². The number of carboxylic acids is 1. The fourth-order valence-corrected chi connectivity index (χ4v) is 1.89. The number of hydrogen-bond acceptors (Lipinski definition) is 6. The van der Waals surface area contributed by atoms with Gasteiger partial charge in [0.25, 0.3) is 0 Å². The largest absolute Gasteiger partial charge is 0.479 e. The van der Waals surface area contributed by atoms with E-state index in [2.05, 4.69) is 0 Å². The standard InChI is InChI=1S/C15H21N3O5/c16-11(12(17)19)7-4-8-15(18,13(20)21)14(22)23-9-10-5-2-1-3-6-10/h1-3,5-6,11H,4,7-9,16,18H2,(H2,17,19)(H,20,21)/t11-,15+/m0/s1. The Kier molecular flexibility index (Phi) is 6.67. The highest BCUT2D eigenvalue weighted by Gasteiger charge is 2.43. The Morgan fingerprint density at radius 2 is 1.83 bits per heavy atom. The number of amides is 1. The second kappa shape index (κ2) is 8.25. The molecule has 2 atom stereocenters. The van der Waals surface area contributed by atoms with E-state index < -0.39 is 29.4 Å². The van der Waals surface area contributed by atoms with Gasteiger partial charge in [0.1, 0.15) is 6.61 Å². The molecule has 8 nitrogen and oxygen atoms in total. The second-order valence-corrected chi connectivity index (χ2v) is 5.24. The fourth-order valence-electron chi connectivity index (χ4n) is 1.89. The highest BCUT2D eigenvalue weighted by molar-refractivity contribution is 6.03. The molecule has 0 aliphatic rings. The SMILES string of the molecule is NC(=O)[C@@H](N)CCC[C@@](N)(C(=O)O)C(=O)OCc1ccccc1. The number of primary amides is 1. The maximum absolute atomic E-state index is 12.0. The molecule has 0 aromatic heterocycles. The predicted molar refractivity (Wildman–Crippen MR) is 81.8 cm³/mol. The molecular weight excluding hydrogens is 302 g/mol. The van der Waals surface area contributed by atoms with Crippen molar-refractivity contribution in [1.29, 1.82) is 0 Å². The van der Waals surface area contributed by atoms with Crippen LogP contribution in [0.25, 0.3) is 0 Å². The molecule has 0 saturated heterocycles. The summed E-state index contributed by atoms with van der Waals surface area (Å²) in [5, 5.41) is 9.23. The Hall–Kier alpha value is -2.45. The van der Waals surface area contributed by atoms with E-state index >= 15 is 0 Å². The Balaban J connectivity index is 2.62. The van der Waals surface area contributed by atoms with E-state index in [0.717, 1.165) is 0 Å². The highest BCUT2D eigenvalue weighted by Crippen LogP contribution is 2.16. The number of benzene rings is 1. The quantitative estimate of drug-likeness (QED) is 0.352. The third-order valence-corrected chi connectivity index (χ3v) is 3.41. The summed E-state index contributed by atoms with van der Waals surface area (Å²) in [6.45, 7) is -0.0767. The molecule has 0 spiro atoms. The van der Waals surface area contributed by atoms with Crippen molar-refractivity contribution >= 4 is 17.8 Å². The van der Waals surface area contributed by atoms with Crippen LogP contribution in [0.3, 0.4) is 0 Å². The molecule has 0 bridgehead atoms. The Bertz CT molecular complexity index is 563. The van der Waals surface area contributed by atoms with Crippen molar-refractivity contribution in [1.82, 2.24) is 0 Å². The predicted octanol–water partition coefficient (Wildman–Crippen LogP) is -0.505. The van der Waals surface area contributed by atoms with Gasteiger partial charge < -0.3 is 27.0 Å². The van der Waals surface area contributed by atoms with E-state index in [1.807, 2.05) is 0 Å². The van der Waals surface area contributed by atoms with Crippen LogP contribution in [-0.2, 0) is 25.7 Å². The molecule has 1 aromatic carbocycles. The Labute approximate surface area is 133 Å². The van der Waals surface area contributed by atoms with Crippen molar-refractivity contribution in [3.8, 4) is 0 Å². The first-order chi connectivity index (χ1) is 10.8. The lowest BCUT2D eigenvalue weighted by Gasteiger charge is -2.23. The smallest absolute Gasteiger partial charge is 0.338 e. The lowest BCUT2D eigenvalue weighted by molar-refractivity contribution is -0.162. The first kappa shape index (κ1) is 18.6. The zero-order chi connectivity index (χ0) is 17.5. The van der Waals surface area contributed by atoms with Crippen LogP contribution < -0.4 is 17.2 Å². The first-order valence-electron chi connectivity index (χ1n) is 7.05. The molecule has 0 fully saturated rings. The van der Waals surface area contributed by atoms with Crippen LogP contribution in [0.2, 0.25) is 0 Å². The summed E-state index contributed by atoms with van der Waals surface area (Å²) < 4.78 is 4.99. The lowest BCUT2D eigenvalue weighted by Crippen LogP contribution is -2.55. The minimum Gasteiger partial charge on any atom is -0.479 e. The van der Waals surface area contributed by atoms with Crippen LogP contribution in [0.5, 0.6) is 0 Å². The third kappa shape index (κ3) is 5.35. The van der Waals surface area contributed by atoms with E-state index in [-0.39, 0.29) is 25.9 Å². The first-order valence-corrected chi connectivity index (χ1v) is 7.05. The monoisotopic (exact) mass is 323 g/mol. The number of nitrogens with two attached hydrogens (primary N) is 3. The van der Waals surface area contributed by atoms with Crippen LogP contribution in [-0.4, -0.2) is 34.5 Å². The number of esters is 1. The van der Waals surface area contributed by atoms with Crippen molar-refractivity contribution in [2.24, 2.45) is 17.2 Å². The summed E-state index contributed by atoms with van der Waals surface area (Å²) in [6.07, 6.45) is 0.0673. The summed E-state index contributed by atoms with van der Waals surface area (Å²) in [7, 11) is 0. The maximum atomic E-state index is 12.0. The van der Waals surface area contributed by atoms with Gasteiger partial charge >= 0.3 is 11.9 Å². The molecule has 0 saturated carbocycles. The molecule has 0 radical (unpaired) electrons. The van der Waals surface area contributed by atoms with E-state index in [9.17, 15) is 19.5 Å². The molecule has 23 heavy (non-hydrogen) atoms. The molecule has 7 N–H and O–H groups in total. The minimum absolute atomic E-state index is 0.0767. The minimum atomic E-state index is -2.19. The average molecular weight is 323 g/mol. The van der Waals surface area contributed by atoms with Crippen LogP contribution in [0.4, 0.5) is 0 Å². The van der Waals surface area contributed by atoms with E-state index in [0.29, 0.717) is 5.56 Å². The number of aliphatic carboxylic acids is 1. The van der Waals surface area contributed by atoms with Gasteiger partial charge in [-0.05, 0) is 24.8 Å². The molecule has 0 unspecified atom stereocenters. The normalized spacial score (nSPS) is 14.5. The number of rotatable bonds is 9. The molecule has 0 heterocycles. The van der Waals surface area contributed by atoms with Gasteiger partial charge in [-0.1, -0.05) is 30.3 Å². The highest BCUT2D eigenvalue weighted by atomic mass is 16.5. The summed E-state index contributed by atoms with van der Waals surface area (Å²) >= 11 is 0. The Morgan fingerprint density at radius 1 is 1.22 bits per heavy atom. The number of carboxylic acid groups (broad SMARTS) is 1. The molecular formula is C15H21N3O5. The molecule has 8 heteroatoms. The van der Waals surface area contributed by atoms with Crippen molar-refractivity contribution in [2.45, 2.75) is 37.5 Å². The molecule has 126 valence electrons. The van der Waals surface area contributed by atoms with Gasteiger partial charge in [0, 0.05) is 0 Å². The van der Waals surface area contributed by atoms with Crippen molar-refractivity contribution < 1.29 is 24.2 Å². The van der Waals surface area contributed by atoms with Gasteiger partial charge in [-0.2, -0.15) is 0 Å². The zero-order valence-electron chi connectivity index (χ0n) is 12.6. The maximum Gasteiger partial charge on any atom is 0.338 e. The number of ether oxygens (including phenoxy) is 1. The molecule has 1 rings (SSSR count). The van der Waals surface area contributed by atoms with Gasteiger partial charge in [0.15, 0.2) is 0 Å². The second-order valence-electron chi connectivity index (χ2n) is 5.24. The zero-order valence-corrected chi connectivity index (χ0v) is 12.6. The lowest BCUT2D eigenvalue weighted by atomic mass is 9.92. The van der Waals surface area contributed by atoms with Crippen molar-refractivity contribution in [3.05, 3.63) is 35.9 Å². The Morgan fingerprint density at radius 3 is 2.35 bits per heavy atom. The van der Waals surface area contributed by atoms with E-state index in [1.54, 1.807) is 30.3 Å². The number of carbonyl (C=O) groups is 3. The summed E-state index contributed by atoms with van der Waals surface area (Å²) in [5.74, 6) is -3.24. The van der Waals surface area contributed by atoms with E-state index in [4.69, 9.17) is 21.9 Å². The summed E-state index contributed by atoms with van der Waals surface area (Å²) in [5.41, 5.74) is 14.7.